The minimum atomic E-state index is -0.0749. The molecule has 0 saturated heterocycles. The van der Waals surface area contributed by atoms with Crippen molar-refractivity contribution in [1.82, 2.24) is 15.6 Å². The number of carbonyl (C=O) groups is 1. The summed E-state index contributed by atoms with van der Waals surface area (Å²) in [5.41, 5.74) is 2.14. The normalized spacial score (nSPS) is 12.3. The first-order valence-corrected chi connectivity index (χ1v) is 9.39. The van der Waals surface area contributed by atoms with Crippen LogP contribution >= 0.6 is 0 Å². The minimum Gasteiger partial charge on any atom is -0.357 e. The van der Waals surface area contributed by atoms with Crippen molar-refractivity contribution in [1.29, 1.82) is 0 Å². The molecule has 2 rings (SSSR count). The van der Waals surface area contributed by atoms with Gasteiger partial charge in [0.05, 0.1) is 0 Å². The van der Waals surface area contributed by atoms with Gasteiger partial charge in [0.1, 0.15) is 5.82 Å². The molecule has 0 aliphatic rings. The van der Waals surface area contributed by atoms with Gasteiger partial charge >= 0.3 is 0 Å². The van der Waals surface area contributed by atoms with Crippen LogP contribution in [0.5, 0.6) is 0 Å². The number of pyridine rings is 1. The van der Waals surface area contributed by atoms with Crippen molar-refractivity contribution < 1.29 is 4.79 Å². The smallest absolute Gasteiger partial charge is 0.227 e. The van der Waals surface area contributed by atoms with Crippen LogP contribution in [0.15, 0.2) is 53.5 Å². The molecule has 3 N–H and O–H groups in total. The fourth-order valence-corrected chi connectivity index (χ4v) is 2.57. The summed E-state index contributed by atoms with van der Waals surface area (Å²) in [6.07, 6.45) is 0.342. The van der Waals surface area contributed by atoms with E-state index in [4.69, 9.17) is 0 Å². The first-order chi connectivity index (χ1) is 13.1. The average molecular weight is 367 g/mol. The lowest BCUT2D eigenvalue weighted by Crippen LogP contribution is -2.39. The fraction of sp³-hybridized carbons (Fsp3) is 0.381. The van der Waals surface area contributed by atoms with E-state index in [9.17, 15) is 4.79 Å². The van der Waals surface area contributed by atoms with E-state index < -0.39 is 0 Å². The largest absolute Gasteiger partial charge is 0.357 e. The standard InChI is InChI=1S/C21H29N5O/c1-4-22-21(24-15-16(2)18-10-6-5-7-11-18)23-14-13-20(27)26-19-12-8-9-17(3)25-19/h5-12,16H,4,13-15H2,1-3H3,(H2,22,23,24)(H,25,26,27). The predicted molar refractivity (Wildman–Crippen MR) is 111 cm³/mol. The molecule has 1 aromatic heterocycles. The Bertz CT molecular complexity index is 745. The Morgan fingerprint density at radius 3 is 2.59 bits per heavy atom. The molecule has 6 nitrogen and oxygen atoms in total. The van der Waals surface area contributed by atoms with Crippen LogP contribution in [0.4, 0.5) is 5.82 Å². The van der Waals surface area contributed by atoms with Crippen LogP contribution in [0.2, 0.25) is 0 Å². The zero-order valence-electron chi connectivity index (χ0n) is 16.3. The Hall–Kier alpha value is -2.89. The lowest BCUT2D eigenvalue weighted by Gasteiger charge is -2.14. The second-order valence-corrected chi connectivity index (χ2v) is 6.42. The molecule has 0 radical (unpaired) electrons. The van der Waals surface area contributed by atoms with Gasteiger partial charge in [-0.3, -0.25) is 9.79 Å². The van der Waals surface area contributed by atoms with Gasteiger partial charge in [0.25, 0.3) is 0 Å². The minimum absolute atomic E-state index is 0.0749. The number of nitrogens with zero attached hydrogens (tertiary/aromatic N) is 2. The highest BCUT2D eigenvalue weighted by Gasteiger charge is 2.07. The van der Waals surface area contributed by atoms with E-state index >= 15 is 0 Å². The maximum Gasteiger partial charge on any atom is 0.227 e. The van der Waals surface area contributed by atoms with E-state index in [1.165, 1.54) is 5.56 Å². The van der Waals surface area contributed by atoms with Crippen molar-refractivity contribution in [3.8, 4) is 0 Å². The topological polar surface area (TPSA) is 78.4 Å². The summed E-state index contributed by atoms with van der Waals surface area (Å²) in [7, 11) is 0. The molecule has 1 atom stereocenters. The van der Waals surface area contributed by atoms with Gasteiger partial charge in [-0.15, -0.1) is 0 Å². The molecule has 6 heteroatoms. The van der Waals surface area contributed by atoms with E-state index in [0.717, 1.165) is 18.2 Å². The van der Waals surface area contributed by atoms with Gasteiger partial charge in [-0.25, -0.2) is 4.98 Å². The number of rotatable bonds is 8. The fourth-order valence-electron chi connectivity index (χ4n) is 2.57. The second kappa shape index (κ2) is 11.0. The number of guanidine groups is 1. The number of benzene rings is 1. The summed E-state index contributed by atoms with van der Waals surface area (Å²) in [6.45, 7) is 8.03. The summed E-state index contributed by atoms with van der Waals surface area (Å²) in [5.74, 6) is 1.56. The van der Waals surface area contributed by atoms with Gasteiger partial charge in [0, 0.05) is 37.7 Å². The SMILES string of the molecule is CCNC(=NCC(C)c1ccccc1)NCCC(=O)Nc1cccc(C)n1. The van der Waals surface area contributed by atoms with Gasteiger partial charge in [-0.05, 0) is 31.5 Å². The average Bonchev–Trinajstić information content (AvgIpc) is 2.66. The molecule has 0 saturated carbocycles. The van der Waals surface area contributed by atoms with Gasteiger partial charge in [0.15, 0.2) is 5.96 Å². The first kappa shape index (κ1) is 20.4. The van der Waals surface area contributed by atoms with E-state index in [1.54, 1.807) is 6.07 Å². The summed E-state index contributed by atoms with van der Waals surface area (Å²) >= 11 is 0. The predicted octanol–water partition coefficient (Wildman–Crippen LogP) is 3.08. The van der Waals surface area contributed by atoms with E-state index in [-0.39, 0.29) is 5.91 Å². The van der Waals surface area contributed by atoms with Crippen LogP contribution in [0.25, 0.3) is 0 Å². The molecular formula is C21H29N5O. The maximum absolute atomic E-state index is 12.1. The first-order valence-electron chi connectivity index (χ1n) is 9.39. The van der Waals surface area contributed by atoms with Crippen LogP contribution in [0.3, 0.4) is 0 Å². The molecule has 1 amide bonds. The number of anilines is 1. The molecular weight excluding hydrogens is 338 g/mol. The third-order valence-electron chi connectivity index (χ3n) is 4.04. The highest BCUT2D eigenvalue weighted by molar-refractivity contribution is 5.90. The number of hydrogen-bond donors (Lipinski definition) is 3. The second-order valence-electron chi connectivity index (χ2n) is 6.42. The molecule has 0 aliphatic heterocycles. The van der Waals surface area contributed by atoms with Gasteiger partial charge < -0.3 is 16.0 Å². The van der Waals surface area contributed by atoms with E-state index in [0.29, 0.717) is 31.2 Å². The lowest BCUT2D eigenvalue weighted by molar-refractivity contribution is -0.116. The zero-order valence-corrected chi connectivity index (χ0v) is 16.3. The van der Waals surface area contributed by atoms with E-state index in [2.05, 4.69) is 45.0 Å². The van der Waals surface area contributed by atoms with Crippen molar-refractivity contribution in [2.24, 2.45) is 4.99 Å². The summed E-state index contributed by atoms with van der Waals surface area (Å²) in [5, 5.41) is 9.24. The lowest BCUT2D eigenvalue weighted by atomic mass is 10.0. The third-order valence-corrected chi connectivity index (χ3v) is 4.04. The number of hydrogen-bond acceptors (Lipinski definition) is 3. The van der Waals surface area contributed by atoms with Crippen LogP contribution in [-0.4, -0.2) is 36.5 Å². The molecule has 0 fully saturated rings. The number of aromatic nitrogens is 1. The quantitative estimate of drug-likeness (QED) is 0.495. The maximum atomic E-state index is 12.1. The number of carbonyl (C=O) groups excluding carboxylic acids is 1. The number of amides is 1. The summed E-state index contributed by atoms with van der Waals surface area (Å²) < 4.78 is 0. The van der Waals surface area contributed by atoms with E-state index in [1.807, 2.05) is 44.2 Å². The Kier molecular flexibility index (Phi) is 8.29. The zero-order chi connectivity index (χ0) is 19.5. The Labute approximate surface area is 161 Å². The molecule has 0 spiro atoms. The monoisotopic (exact) mass is 367 g/mol. The summed E-state index contributed by atoms with van der Waals surface area (Å²) in [4.78, 5) is 21.0. The number of aliphatic imine (C=N–C) groups is 1. The number of aryl methyl sites for hydroxylation is 1. The van der Waals surface area contributed by atoms with Crippen molar-refractivity contribution in [3.05, 3.63) is 59.8 Å². The van der Waals surface area contributed by atoms with Crippen molar-refractivity contribution in [2.75, 3.05) is 25.0 Å². The highest BCUT2D eigenvalue weighted by Crippen LogP contribution is 2.14. The molecule has 144 valence electrons. The van der Waals surface area contributed by atoms with Gasteiger partial charge in [-0.1, -0.05) is 43.3 Å². The molecule has 0 bridgehead atoms. The van der Waals surface area contributed by atoms with Crippen LogP contribution in [0.1, 0.15) is 37.4 Å². The molecule has 0 aliphatic carbocycles. The van der Waals surface area contributed by atoms with Crippen molar-refractivity contribution in [3.63, 3.8) is 0 Å². The highest BCUT2D eigenvalue weighted by atomic mass is 16.1. The van der Waals surface area contributed by atoms with Crippen LogP contribution in [-0.2, 0) is 4.79 Å². The molecule has 1 heterocycles. The van der Waals surface area contributed by atoms with Crippen LogP contribution in [0, 0.1) is 6.92 Å². The van der Waals surface area contributed by atoms with Crippen LogP contribution < -0.4 is 16.0 Å². The summed E-state index contributed by atoms with van der Waals surface area (Å²) in [6, 6.07) is 15.9. The number of nitrogens with one attached hydrogen (secondary N) is 3. The van der Waals surface area contributed by atoms with Crippen molar-refractivity contribution in [2.45, 2.75) is 33.1 Å². The third kappa shape index (κ3) is 7.48. The Morgan fingerprint density at radius 1 is 1.11 bits per heavy atom. The molecule has 27 heavy (non-hydrogen) atoms. The Morgan fingerprint density at radius 2 is 1.89 bits per heavy atom. The molecule has 2 aromatic rings. The van der Waals surface area contributed by atoms with Crippen molar-refractivity contribution >= 4 is 17.7 Å². The Balaban J connectivity index is 1.80. The van der Waals surface area contributed by atoms with Gasteiger partial charge in [0.2, 0.25) is 5.91 Å². The molecule has 1 aromatic carbocycles. The van der Waals surface area contributed by atoms with Gasteiger partial charge in [-0.2, -0.15) is 0 Å². The molecule has 1 unspecified atom stereocenters.